The first-order valence-electron chi connectivity index (χ1n) is 6.15. The molecule has 1 heterocycles. The van der Waals surface area contributed by atoms with Gasteiger partial charge >= 0.3 is 0 Å². The van der Waals surface area contributed by atoms with Gasteiger partial charge in [0.2, 0.25) is 5.91 Å². The summed E-state index contributed by atoms with van der Waals surface area (Å²) in [6, 6.07) is 1.57. The fourth-order valence-corrected chi connectivity index (χ4v) is 1.60. The molecule has 17 heavy (non-hydrogen) atoms. The molecule has 0 aromatic carbocycles. The van der Waals surface area contributed by atoms with E-state index < -0.39 is 0 Å². The summed E-state index contributed by atoms with van der Waals surface area (Å²) in [6.07, 6.45) is 5.45. The molecule has 0 fully saturated rings. The normalized spacial score (nSPS) is 12.4. The lowest BCUT2D eigenvalue weighted by molar-refractivity contribution is -0.122. The van der Waals surface area contributed by atoms with Crippen molar-refractivity contribution in [3.8, 4) is 0 Å². The lowest BCUT2D eigenvalue weighted by Crippen LogP contribution is -2.41. The Morgan fingerprint density at radius 3 is 3.00 bits per heavy atom. The number of hydrogen-bond donors (Lipinski definition) is 2. The van der Waals surface area contributed by atoms with Crippen molar-refractivity contribution in [2.45, 2.75) is 38.6 Å². The maximum absolute atomic E-state index is 11.6. The number of nitrogens with one attached hydrogen (secondary N) is 1. The van der Waals surface area contributed by atoms with Gasteiger partial charge in [-0.2, -0.15) is 5.10 Å². The van der Waals surface area contributed by atoms with Crippen LogP contribution < -0.4 is 11.1 Å². The number of amides is 1. The van der Waals surface area contributed by atoms with Crippen molar-refractivity contribution in [2.75, 3.05) is 6.54 Å². The number of aromatic nitrogens is 2. The highest BCUT2D eigenvalue weighted by molar-refractivity contribution is 5.81. The van der Waals surface area contributed by atoms with Gasteiger partial charge in [0.25, 0.3) is 0 Å². The van der Waals surface area contributed by atoms with Crippen LogP contribution in [-0.2, 0) is 18.3 Å². The van der Waals surface area contributed by atoms with Crippen LogP contribution in [0.15, 0.2) is 12.3 Å². The van der Waals surface area contributed by atoms with Gasteiger partial charge in [0.1, 0.15) is 0 Å². The summed E-state index contributed by atoms with van der Waals surface area (Å²) in [4.78, 5) is 11.6. The third kappa shape index (κ3) is 4.99. The van der Waals surface area contributed by atoms with Crippen LogP contribution in [0, 0.1) is 0 Å². The Balaban J connectivity index is 2.19. The van der Waals surface area contributed by atoms with Crippen molar-refractivity contribution in [3.63, 3.8) is 0 Å². The van der Waals surface area contributed by atoms with Crippen molar-refractivity contribution in [1.29, 1.82) is 0 Å². The molecular formula is C12H22N4O. The molecule has 1 aromatic heterocycles. The molecule has 0 saturated carbocycles. The van der Waals surface area contributed by atoms with E-state index in [4.69, 9.17) is 5.73 Å². The first-order valence-corrected chi connectivity index (χ1v) is 6.15. The van der Waals surface area contributed by atoms with Crippen molar-refractivity contribution in [2.24, 2.45) is 12.8 Å². The Bertz CT molecular complexity index is 348. The lowest BCUT2D eigenvalue weighted by Gasteiger charge is -2.10. The Morgan fingerprint density at radius 2 is 2.41 bits per heavy atom. The van der Waals surface area contributed by atoms with Crippen molar-refractivity contribution in [1.82, 2.24) is 15.1 Å². The summed E-state index contributed by atoms with van der Waals surface area (Å²) in [5, 5.41) is 7.07. The molecule has 0 aliphatic carbocycles. The number of carbonyl (C=O) groups is 1. The van der Waals surface area contributed by atoms with Crippen LogP contribution in [0.2, 0.25) is 0 Å². The smallest absolute Gasteiger partial charge is 0.236 e. The van der Waals surface area contributed by atoms with E-state index in [9.17, 15) is 4.79 Å². The summed E-state index contributed by atoms with van der Waals surface area (Å²) in [5.74, 6) is -0.0608. The number of carbonyl (C=O) groups excluding carboxylic acids is 1. The number of rotatable bonds is 7. The summed E-state index contributed by atoms with van der Waals surface area (Å²) < 4.78 is 1.75. The second-order valence-corrected chi connectivity index (χ2v) is 4.27. The predicted molar refractivity (Wildman–Crippen MR) is 67.4 cm³/mol. The minimum absolute atomic E-state index is 0.0608. The SMILES string of the molecule is CCCCC(N)C(=O)NCCc1ccn(C)n1. The third-order valence-electron chi connectivity index (χ3n) is 2.65. The molecule has 0 saturated heterocycles. The minimum Gasteiger partial charge on any atom is -0.354 e. The molecule has 0 radical (unpaired) electrons. The maximum Gasteiger partial charge on any atom is 0.236 e. The number of unbranched alkanes of at least 4 members (excludes halogenated alkanes) is 1. The second kappa shape index (κ2) is 7.06. The highest BCUT2D eigenvalue weighted by atomic mass is 16.2. The van der Waals surface area contributed by atoms with Crippen LogP contribution >= 0.6 is 0 Å². The zero-order chi connectivity index (χ0) is 12.7. The van der Waals surface area contributed by atoms with Gasteiger partial charge in [-0.25, -0.2) is 0 Å². The van der Waals surface area contributed by atoms with E-state index in [2.05, 4.69) is 17.3 Å². The Labute approximate surface area is 102 Å². The molecule has 1 aromatic rings. The Hall–Kier alpha value is -1.36. The Kier molecular flexibility index (Phi) is 5.69. The van der Waals surface area contributed by atoms with E-state index in [0.29, 0.717) is 6.54 Å². The topological polar surface area (TPSA) is 72.9 Å². The third-order valence-corrected chi connectivity index (χ3v) is 2.65. The van der Waals surface area contributed by atoms with E-state index in [-0.39, 0.29) is 11.9 Å². The molecule has 0 spiro atoms. The average molecular weight is 238 g/mol. The molecule has 5 heteroatoms. The summed E-state index contributed by atoms with van der Waals surface area (Å²) in [6.45, 7) is 2.68. The average Bonchev–Trinajstić information content (AvgIpc) is 2.71. The van der Waals surface area contributed by atoms with Crippen molar-refractivity contribution in [3.05, 3.63) is 18.0 Å². The van der Waals surface area contributed by atoms with Gasteiger partial charge in [-0.3, -0.25) is 9.48 Å². The van der Waals surface area contributed by atoms with E-state index in [1.807, 2.05) is 19.3 Å². The molecule has 3 N–H and O–H groups in total. The van der Waals surface area contributed by atoms with Gasteiger partial charge in [-0.05, 0) is 12.5 Å². The van der Waals surface area contributed by atoms with Gasteiger partial charge in [0, 0.05) is 26.2 Å². The first kappa shape index (κ1) is 13.7. The van der Waals surface area contributed by atoms with Crippen LogP contribution in [0.3, 0.4) is 0 Å². The largest absolute Gasteiger partial charge is 0.354 e. The molecule has 0 bridgehead atoms. The van der Waals surface area contributed by atoms with Crippen LogP contribution in [0.25, 0.3) is 0 Å². The predicted octanol–water partition coefficient (Wildman–Crippen LogP) is 0.596. The molecular weight excluding hydrogens is 216 g/mol. The first-order chi connectivity index (χ1) is 8.13. The number of nitrogens with zero attached hydrogens (tertiary/aromatic N) is 2. The second-order valence-electron chi connectivity index (χ2n) is 4.27. The highest BCUT2D eigenvalue weighted by Gasteiger charge is 2.11. The highest BCUT2D eigenvalue weighted by Crippen LogP contribution is 1.98. The lowest BCUT2D eigenvalue weighted by atomic mass is 10.1. The molecule has 1 rings (SSSR count). The van der Waals surface area contributed by atoms with Crippen LogP contribution in [0.1, 0.15) is 31.9 Å². The summed E-state index contributed by atoms with van der Waals surface area (Å²) in [7, 11) is 1.88. The van der Waals surface area contributed by atoms with Gasteiger partial charge < -0.3 is 11.1 Å². The molecule has 5 nitrogen and oxygen atoms in total. The fourth-order valence-electron chi connectivity index (χ4n) is 1.60. The van der Waals surface area contributed by atoms with Crippen LogP contribution in [0.4, 0.5) is 0 Å². The zero-order valence-electron chi connectivity index (χ0n) is 10.6. The number of aryl methyl sites for hydroxylation is 1. The maximum atomic E-state index is 11.6. The molecule has 1 atom stereocenters. The van der Waals surface area contributed by atoms with E-state index in [0.717, 1.165) is 31.4 Å². The van der Waals surface area contributed by atoms with Gasteiger partial charge in [0.05, 0.1) is 11.7 Å². The van der Waals surface area contributed by atoms with Gasteiger partial charge in [0.15, 0.2) is 0 Å². The molecule has 0 aliphatic rings. The number of hydrogen-bond acceptors (Lipinski definition) is 3. The molecule has 1 unspecified atom stereocenters. The van der Waals surface area contributed by atoms with Crippen molar-refractivity contribution >= 4 is 5.91 Å². The van der Waals surface area contributed by atoms with Gasteiger partial charge in [-0.1, -0.05) is 19.8 Å². The summed E-state index contributed by atoms with van der Waals surface area (Å²) >= 11 is 0. The molecule has 1 amide bonds. The van der Waals surface area contributed by atoms with E-state index in [1.165, 1.54) is 0 Å². The van der Waals surface area contributed by atoms with Crippen LogP contribution in [0.5, 0.6) is 0 Å². The summed E-state index contributed by atoms with van der Waals surface area (Å²) in [5.41, 5.74) is 6.74. The van der Waals surface area contributed by atoms with Crippen molar-refractivity contribution < 1.29 is 4.79 Å². The van der Waals surface area contributed by atoms with E-state index in [1.54, 1.807) is 4.68 Å². The monoisotopic (exact) mass is 238 g/mol. The number of nitrogens with two attached hydrogens (primary N) is 1. The fraction of sp³-hybridized carbons (Fsp3) is 0.667. The molecule has 96 valence electrons. The van der Waals surface area contributed by atoms with E-state index >= 15 is 0 Å². The minimum atomic E-state index is -0.376. The van der Waals surface area contributed by atoms with Crippen LogP contribution in [-0.4, -0.2) is 28.3 Å². The quantitative estimate of drug-likeness (QED) is 0.730. The standard InChI is InChI=1S/C12H22N4O/c1-3-4-5-11(13)12(17)14-8-6-10-7-9-16(2)15-10/h7,9,11H,3-6,8,13H2,1-2H3,(H,14,17). The van der Waals surface area contributed by atoms with Gasteiger partial charge in [-0.15, -0.1) is 0 Å². The molecule has 0 aliphatic heterocycles. The Morgan fingerprint density at radius 1 is 1.65 bits per heavy atom. The zero-order valence-corrected chi connectivity index (χ0v) is 10.6.